The van der Waals surface area contributed by atoms with Crippen molar-refractivity contribution in [3.05, 3.63) is 63.3 Å². The first-order valence-corrected chi connectivity index (χ1v) is 7.39. The minimum absolute atomic E-state index is 0.0138. The van der Waals surface area contributed by atoms with Crippen LogP contribution in [0.25, 0.3) is 0 Å². The summed E-state index contributed by atoms with van der Waals surface area (Å²) in [4.78, 5) is 16.0. The number of carbonyl (C=O) groups is 1. The van der Waals surface area contributed by atoms with E-state index in [2.05, 4.69) is 26.2 Å². The molecule has 0 saturated carbocycles. The number of rotatable bonds is 4. The van der Waals surface area contributed by atoms with Crippen LogP contribution < -0.4 is 5.32 Å². The minimum atomic E-state index is -0.201. The third-order valence-corrected chi connectivity index (χ3v) is 3.67. The van der Waals surface area contributed by atoms with Crippen LogP contribution in [0, 0.1) is 0 Å². The van der Waals surface area contributed by atoms with Gasteiger partial charge in [-0.3, -0.25) is 4.79 Å². The maximum Gasteiger partial charge on any atom is 0.254 e. The van der Waals surface area contributed by atoms with Gasteiger partial charge < -0.3 is 5.32 Å². The van der Waals surface area contributed by atoms with Crippen LogP contribution in [0.3, 0.4) is 0 Å². The second kappa shape index (κ2) is 6.86. The van der Waals surface area contributed by atoms with Gasteiger partial charge in [0.05, 0.1) is 5.56 Å². The molecule has 1 N–H and O–H groups in total. The summed E-state index contributed by atoms with van der Waals surface area (Å²) in [5.74, 6) is -0.201. The van der Waals surface area contributed by atoms with Crippen molar-refractivity contribution in [3.8, 4) is 0 Å². The quantitative estimate of drug-likeness (QED) is 0.848. The van der Waals surface area contributed by atoms with Crippen LogP contribution in [0.1, 0.15) is 22.8 Å². The number of aromatic nitrogens is 1. The van der Waals surface area contributed by atoms with Gasteiger partial charge in [-0.15, -0.1) is 0 Å². The number of hydrogen-bond acceptors (Lipinski definition) is 2. The van der Waals surface area contributed by atoms with Crippen LogP contribution in [0.4, 0.5) is 0 Å². The van der Waals surface area contributed by atoms with Crippen molar-refractivity contribution in [3.63, 3.8) is 0 Å². The molecule has 0 aliphatic heterocycles. The fraction of sp³-hybridized carbons (Fsp3) is 0.200. The molecular weight excluding hydrogens is 340 g/mol. The predicted octanol–water partition coefficient (Wildman–Crippen LogP) is 3.86. The second-order valence-electron chi connectivity index (χ2n) is 4.55. The molecule has 1 heterocycles. The lowest BCUT2D eigenvalue weighted by Crippen LogP contribution is -2.34. The Kier molecular flexibility index (Phi) is 5.15. The zero-order chi connectivity index (χ0) is 14.5. The molecule has 1 atom stereocenters. The second-order valence-corrected chi connectivity index (χ2v) is 5.82. The molecule has 1 aromatic heterocycles. The summed E-state index contributed by atoms with van der Waals surface area (Å²) >= 11 is 9.30. The molecule has 0 fully saturated rings. The van der Waals surface area contributed by atoms with Crippen LogP contribution in [-0.2, 0) is 6.42 Å². The van der Waals surface area contributed by atoms with Gasteiger partial charge in [0.1, 0.15) is 5.15 Å². The molecule has 20 heavy (non-hydrogen) atoms. The van der Waals surface area contributed by atoms with Crippen molar-refractivity contribution >= 4 is 33.4 Å². The monoisotopic (exact) mass is 352 g/mol. The van der Waals surface area contributed by atoms with E-state index in [1.807, 2.05) is 31.2 Å². The van der Waals surface area contributed by atoms with E-state index in [-0.39, 0.29) is 17.1 Å². The molecule has 1 amide bonds. The fourth-order valence-electron chi connectivity index (χ4n) is 1.88. The summed E-state index contributed by atoms with van der Waals surface area (Å²) in [6.45, 7) is 1.96. The third-order valence-electron chi connectivity index (χ3n) is 2.84. The number of carbonyl (C=O) groups excluding carboxylic acids is 1. The summed E-state index contributed by atoms with van der Waals surface area (Å²) in [7, 11) is 0. The summed E-state index contributed by atoms with van der Waals surface area (Å²) in [5.41, 5.74) is 1.56. The van der Waals surface area contributed by atoms with Gasteiger partial charge in [0.25, 0.3) is 5.91 Å². The Morgan fingerprint density at radius 3 is 2.70 bits per heavy atom. The van der Waals surface area contributed by atoms with E-state index in [0.717, 1.165) is 10.9 Å². The van der Waals surface area contributed by atoms with Crippen molar-refractivity contribution in [1.29, 1.82) is 0 Å². The van der Waals surface area contributed by atoms with E-state index in [4.69, 9.17) is 11.6 Å². The van der Waals surface area contributed by atoms with Crippen LogP contribution in [-0.4, -0.2) is 16.9 Å². The maximum absolute atomic E-state index is 12.1. The lowest BCUT2D eigenvalue weighted by Gasteiger charge is -2.14. The Bertz CT molecular complexity index is 601. The highest BCUT2D eigenvalue weighted by Gasteiger charge is 2.13. The largest absolute Gasteiger partial charge is 0.349 e. The third kappa shape index (κ3) is 4.05. The first kappa shape index (κ1) is 15.0. The number of halogens is 2. The van der Waals surface area contributed by atoms with Gasteiger partial charge in [-0.2, -0.15) is 0 Å². The van der Waals surface area contributed by atoms with Gasteiger partial charge in [0.15, 0.2) is 0 Å². The Labute approximate surface area is 131 Å². The molecule has 2 aromatic rings. The molecule has 0 aliphatic rings. The molecule has 1 aromatic carbocycles. The van der Waals surface area contributed by atoms with Crippen LogP contribution in [0.15, 0.2) is 47.1 Å². The fourth-order valence-corrected chi connectivity index (χ4v) is 2.35. The summed E-state index contributed by atoms with van der Waals surface area (Å²) < 4.78 is 1.04. The molecule has 1 unspecified atom stereocenters. The standard InChI is InChI=1S/C15H14BrClN2O/c1-10(9-11-4-6-12(16)7-5-11)19-15(20)13-3-2-8-18-14(13)17/h2-8,10H,9H2,1H3,(H,19,20). The maximum atomic E-state index is 12.1. The normalized spacial score (nSPS) is 11.9. The van der Waals surface area contributed by atoms with Gasteiger partial charge in [-0.05, 0) is 43.2 Å². The lowest BCUT2D eigenvalue weighted by atomic mass is 10.1. The molecular formula is C15H14BrClN2O. The summed E-state index contributed by atoms with van der Waals surface area (Å²) in [6, 6.07) is 11.4. The van der Waals surface area contributed by atoms with Gasteiger partial charge in [-0.25, -0.2) is 4.98 Å². The van der Waals surface area contributed by atoms with E-state index in [1.54, 1.807) is 18.3 Å². The van der Waals surface area contributed by atoms with E-state index in [0.29, 0.717) is 5.56 Å². The van der Waals surface area contributed by atoms with E-state index >= 15 is 0 Å². The molecule has 2 rings (SSSR count). The number of amides is 1. The molecule has 3 nitrogen and oxygen atoms in total. The first-order valence-electron chi connectivity index (χ1n) is 6.22. The Balaban J connectivity index is 1.98. The van der Waals surface area contributed by atoms with E-state index in [1.165, 1.54) is 5.56 Å². The van der Waals surface area contributed by atoms with E-state index in [9.17, 15) is 4.79 Å². The first-order chi connectivity index (χ1) is 9.56. The van der Waals surface area contributed by atoms with Gasteiger partial charge in [0.2, 0.25) is 0 Å². The molecule has 104 valence electrons. The molecule has 0 saturated heterocycles. The molecule has 0 spiro atoms. The summed E-state index contributed by atoms with van der Waals surface area (Å²) in [5, 5.41) is 3.15. The highest BCUT2D eigenvalue weighted by atomic mass is 79.9. The van der Waals surface area contributed by atoms with E-state index < -0.39 is 0 Å². The number of nitrogens with one attached hydrogen (secondary N) is 1. The van der Waals surface area contributed by atoms with Crippen molar-refractivity contribution in [1.82, 2.24) is 10.3 Å². The smallest absolute Gasteiger partial charge is 0.254 e. The number of hydrogen-bond donors (Lipinski definition) is 1. The zero-order valence-corrected chi connectivity index (χ0v) is 13.3. The zero-order valence-electron chi connectivity index (χ0n) is 10.9. The Morgan fingerprint density at radius 2 is 2.05 bits per heavy atom. The predicted molar refractivity (Wildman–Crippen MR) is 84.0 cm³/mol. The van der Waals surface area contributed by atoms with Crippen molar-refractivity contribution in [2.45, 2.75) is 19.4 Å². The number of nitrogens with zero attached hydrogens (tertiary/aromatic N) is 1. The minimum Gasteiger partial charge on any atom is -0.349 e. The molecule has 0 bridgehead atoms. The van der Waals surface area contributed by atoms with Gasteiger partial charge in [0, 0.05) is 16.7 Å². The SMILES string of the molecule is CC(Cc1ccc(Br)cc1)NC(=O)c1cccnc1Cl. The topological polar surface area (TPSA) is 42.0 Å². The lowest BCUT2D eigenvalue weighted by molar-refractivity contribution is 0.0940. The van der Waals surface area contributed by atoms with Crippen LogP contribution in [0.2, 0.25) is 5.15 Å². The highest BCUT2D eigenvalue weighted by molar-refractivity contribution is 9.10. The summed E-state index contributed by atoms with van der Waals surface area (Å²) in [6.07, 6.45) is 2.32. The number of pyridine rings is 1. The molecule has 0 radical (unpaired) electrons. The van der Waals surface area contributed by atoms with Crippen LogP contribution >= 0.6 is 27.5 Å². The number of benzene rings is 1. The Hall–Kier alpha value is -1.39. The molecule has 5 heteroatoms. The Morgan fingerprint density at radius 1 is 1.35 bits per heavy atom. The average molecular weight is 354 g/mol. The highest BCUT2D eigenvalue weighted by Crippen LogP contribution is 2.13. The van der Waals surface area contributed by atoms with Gasteiger partial charge in [-0.1, -0.05) is 39.7 Å². The van der Waals surface area contributed by atoms with Gasteiger partial charge >= 0.3 is 0 Å². The van der Waals surface area contributed by atoms with Crippen molar-refractivity contribution < 1.29 is 4.79 Å². The van der Waals surface area contributed by atoms with Crippen molar-refractivity contribution in [2.75, 3.05) is 0 Å². The molecule has 0 aliphatic carbocycles. The average Bonchev–Trinajstić information content (AvgIpc) is 2.41. The van der Waals surface area contributed by atoms with Crippen molar-refractivity contribution in [2.24, 2.45) is 0 Å². The van der Waals surface area contributed by atoms with Crippen LogP contribution in [0.5, 0.6) is 0 Å².